The van der Waals surface area contributed by atoms with Crippen LogP contribution >= 0.6 is 0 Å². The van der Waals surface area contributed by atoms with E-state index in [-0.39, 0.29) is 30.5 Å². The van der Waals surface area contributed by atoms with Gasteiger partial charge in [-0.05, 0) is 18.4 Å². The monoisotopic (exact) mass is 296 g/mol. The fourth-order valence-electron chi connectivity index (χ4n) is 2.66. The van der Waals surface area contributed by atoms with Crippen molar-refractivity contribution in [3.63, 3.8) is 0 Å². The Morgan fingerprint density at radius 1 is 1.52 bits per heavy atom. The molecule has 0 aromatic heterocycles. The average Bonchev–Trinajstić information content (AvgIpc) is 2.91. The van der Waals surface area contributed by atoms with Crippen LogP contribution in [0.2, 0.25) is 0 Å². The van der Waals surface area contributed by atoms with E-state index in [2.05, 4.69) is 18.0 Å². The van der Waals surface area contributed by atoms with Gasteiger partial charge < -0.3 is 9.47 Å². The summed E-state index contributed by atoms with van der Waals surface area (Å²) in [6, 6.07) is 0. The van der Waals surface area contributed by atoms with Gasteiger partial charge in [-0.15, -0.1) is 0 Å². The number of esters is 2. The van der Waals surface area contributed by atoms with Gasteiger partial charge in [0, 0.05) is 17.9 Å². The van der Waals surface area contributed by atoms with Crippen molar-refractivity contribution in [1.82, 2.24) is 0 Å². The predicted octanol–water partition coefficient (Wildman–Crippen LogP) is 1.86. The molecule has 4 unspecified atom stereocenters. The van der Waals surface area contributed by atoms with Crippen molar-refractivity contribution in [2.75, 3.05) is 6.61 Å². The minimum atomic E-state index is -0.643. The van der Waals surface area contributed by atoms with Crippen LogP contribution in [-0.2, 0) is 24.0 Å². The first-order valence-corrected chi connectivity index (χ1v) is 6.96. The lowest BCUT2D eigenvalue weighted by Crippen LogP contribution is -2.22. The normalized spacial score (nSPS) is 30.2. The number of carbonyl (C=O) groups excluding carboxylic acids is 2. The minimum Gasteiger partial charge on any atom is -0.462 e. The number of cyclic esters (lactones) is 2. The largest absolute Gasteiger partial charge is 0.462 e. The zero-order valence-corrected chi connectivity index (χ0v) is 12.0. The molecule has 116 valence electrons. The van der Waals surface area contributed by atoms with E-state index in [0.29, 0.717) is 30.4 Å². The maximum Gasteiger partial charge on any atom is 0.333 e. The highest BCUT2D eigenvalue weighted by Crippen LogP contribution is 2.31. The van der Waals surface area contributed by atoms with Crippen LogP contribution in [0.4, 0.5) is 0 Å². The van der Waals surface area contributed by atoms with E-state index in [1.54, 1.807) is 0 Å². The van der Waals surface area contributed by atoms with Crippen molar-refractivity contribution in [3.8, 4) is 0 Å². The molecule has 6 heteroatoms. The van der Waals surface area contributed by atoms with Crippen molar-refractivity contribution in [2.45, 2.75) is 38.4 Å². The van der Waals surface area contributed by atoms with Crippen molar-refractivity contribution in [3.05, 3.63) is 24.3 Å². The Hall–Kier alpha value is -1.66. The maximum absolute atomic E-state index is 11.4. The van der Waals surface area contributed by atoms with Crippen molar-refractivity contribution < 1.29 is 29.2 Å². The second-order valence-electron chi connectivity index (χ2n) is 5.71. The molecule has 1 N–H and O–H groups in total. The molecule has 0 spiro atoms. The fraction of sp³-hybridized carbons (Fsp3) is 0.600. The van der Waals surface area contributed by atoms with Crippen LogP contribution in [0.1, 0.15) is 26.2 Å². The molecule has 2 heterocycles. The molecule has 0 aromatic rings. The number of carbonyl (C=O) groups is 2. The third-order valence-corrected chi connectivity index (χ3v) is 4.04. The molecule has 4 atom stereocenters. The zero-order valence-electron chi connectivity index (χ0n) is 12.0. The smallest absolute Gasteiger partial charge is 0.333 e. The second kappa shape index (κ2) is 6.41. The molecule has 6 nitrogen and oxygen atoms in total. The van der Waals surface area contributed by atoms with E-state index < -0.39 is 12.1 Å². The fourth-order valence-corrected chi connectivity index (χ4v) is 2.66. The highest BCUT2D eigenvalue weighted by atomic mass is 17.1. The van der Waals surface area contributed by atoms with Gasteiger partial charge in [0.15, 0.2) is 0 Å². The molecule has 2 saturated heterocycles. The third kappa shape index (κ3) is 3.51. The van der Waals surface area contributed by atoms with Crippen LogP contribution in [-0.4, -0.2) is 36.0 Å². The van der Waals surface area contributed by atoms with Crippen molar-refractivity contribution >= 4 is 11.9 Å². The average molecular weight is 296 g/mol. The number of hydrogen-bond donors (Lipinski definition) is 1. The van der Waals surface area contributed by atoms with Gasteiger partial charge in [0.1, 0.15) is 12.2 Å². The van der Waals surface area contributed by atoms with E-state index in [9.17, 15) is 9.59 Å². The second-order valence-corrected chi connectivity index (χ2v) is 5.71. The first-order chi connectivity index (χ1) is 9.92. The summed E-state index contributed by atoms with van der Waals surface area (Å²) in [6.45, 7) is 9.62. The Labute approximate surface area is 123 Å². The van der Waals surface area contributed by atoms with Crippen LogP contribution in [0, 0.1) is 11.8 Å². The lowest BCUT2D eigenvalue weighted by atomic mass is 9.91. The van der Waals surface area contributed by atoms with Gasteiger partial charge in [0.2, 0.25) is 0 Å². The summed E-state index contributed by atoms with van der Waals surface area (Å²) in [6.07, 6.45) is 0.539. The Kier molecular flexibility index (Phi) is 4.80. The standard InChI is InChI=1S/C15H20O6/c1-8(4-12-5-9(2)14(16)20-12)13(21-18)6-11-7-19-15(17)10(11)3/h9,11-13,18H,1,3-7H2,2H3. The summed E-state index contributed by atoms with van der Waals surface area (Å²) in [5.74, 6) is -0.938. The van der Waals surface area contributed by atoms with Gasteiger partial charge in [-0.25, -0.2) is 9.68 Å². The molecule has 21 heavy (non-hydrogen) atoms. The van der Waals surface area contributed by atoms with E-state index in [1.807, 2.05) is 6.92 Å². The molecule has 2 aliphatic rings. The molecular formula is C15H20O6. The molecule has 2 fully saturated rings. The minimum absolute atomic E-state index is 0.114. The van der Waals surface area contributed by atoms with Crippen molar-refractivity contribution in [2.24, 2.45) is 11.8 Å². The van der Waals surface area contributed by atoms with E-state index in [0.717, 1.165) is 0 Å². The predicted molar refractivity (Wildman–Crippen MR) is 73.1 cm³/mol. The Bertz CT molecular complexity index is 469. The van der Waals surface area contributed by atoms with Gasteiger partial charge in [0.05, 0.1) is 12.5 Å². The summed E-state index contributed by atoms with van der Waals surface area (Å²) in [7, 11) is 0. The molecule has 0 aromatic carbocycles. The van der Waals surface area contributed by atoms with Gasteiger partial charge in [-0.2, -0.15) is 0 Å². The lowest BCUT2D eigenvalue weighted by molar-refractivity contribution is -0.272. The molecule has 0 bridgehead atoms. The van der Waals surface area contributed by atoms with Crippen LogP contribution < -0.4 is 0 Å². The van der Waals surface area contributed by atoms with E-state index >= 15 is 0 Å². The van der Waals surface area contributed by atoms with Gasteiger partial charge in [-0.1, -0.05) is 20.1 Å². The highest BCUT2D eigenvalue weighted by molar-refractivity contribution is 5.90. The van der Waals surface area contributed by atoms with Crippen molar-refractivity contribution in [1.29, 1.82) is 0 Å². The number of hydrogen-bond acceptors (Lipinski definition) is 6. The van der Waals surface area contributed by atoms with Crippen LogP contribution in [0.25, 0.3) is 0 Å². The summed E-state index contributed by atoms with van der Waals surface area (Å²) in [5.41, 5.74) is 1.00. The molecule has 0 aliphatic carbocycles. The molecule has 0 saturated carbocycles. The maximum atomic E-state index is 11.4. The summed E-state index contributed by atoms with van der Waals surface area (Å²) in [5, 5.41) is 9.06. The molecular weight excluding hydrogens is 276 g/mol. The van der Waals surface area contributed by atoms with E-state index in [1.165, 1.54) is 0 Å². The molecule has 0 amide bonds. The van der Waals surface area contributed by atoms with Crippen LogP contribution in [0.5, 0.6) is 0 Å². The van der Waals surface area contributed by atoms with Gasteiger partial charge >= 0.3 is 11.9 Å². The topological polar surface area (TPSA) is 82.1 Å². The Balaban J connectivity index is 1.89. The van der Waals surface area contributed by atoms with Gasteiger partial charge in [-0.3, -0.25) is 10.1 Å². The SMILES string of the molecule is C=C1C(=O)OCC1CC(OO)C(=C)CC1CC(C)C(=O)O1. The first kappa shape index (κ1) is 15.7. The number of rotatable bonds is 6. The first-order valence-electron chi connectivity index (χ1n) is 6.96. The van der Waals surface area contributed by atoms with Crippen LogP contribution in [0.15, 0.2) is 24.3 Å². The highest BCUT2D eigenvalue weighted by Gasteiger charge is 2.35. The molecule has 0 radical (unpaired) electrons. The number of ether oxygens (including phenoxy) is 2. The third-order valence-electron chi connectivity index (χ3n) is 4.04. The van der Waals surface area contributed by atoms with Crippen LogP contribution in [0.3, 0.4) is 0 Å². The zero-order chi connectivity index (χ0) is 15.6. The summed E-state index contributed by atoms with van der Waals surface area (Å²) >= 11 is 0. The molecule has 2 aliphatic heterocycles. The molecule has 2 rings (SSSR count). The van der Waals surface area contributed by atoms with Gasteiger partial charge in [0.25, 0.3) is 0 Å². The van der Waals surface area contributed by atoms with E-state index in [4.69, 9.17) is 14.7 Å². The Morgan fingerprint density at radius 3 is 2.71 bits per heavy atom. The lowest BCUT2D eigenvalue weighted by Gasteiger charge is -2.20. The Morgan fingerprint density at radius 2 is 2.24 bits per heavy atom. The quantitative estimate of drug-likeness (QED) is 0.265. The summed E-state index contributed by atoms with van der Waals surface area (Å²) in [4.78, 5) is 27.1. The summed E-state index contributed by atoms with van der Waals surface area (Å²) < 4.78 is 10.1.